The molecule has 0 bridgehead atoms. The third kappa shape index (κ3) is 3.13. The van der Waals surface area contributed by atoms with Gasteiger partial charge in [0.1, 0.15) is 5.82 Å². The molecule has 112 valence electrons. The smallest absolute Gasteiger partial charge is 0.207 e. The third-order valence-electron chi connectivity index (χ3n) is 3.12. The fourth-order valence-electron chi connectivity index (χ4n) is 2.05. The van der Waals surface area contributed by atoms with Crippen LogP contribution in [0.1, 0.15) is 17.7 Å². The average molecular weight is 335 g/mol. The van der Waals surface area contributed by atoms with Crippen LogP contribution in [0.2, 0.25) is 5.02 Å². The van der Waals surface area contributed by atoms with Crippen molar-refractivity contribution in [1.29, 1.82) is 0 Å². The largest absolute Gasteiger partial charge is 0.214 e. The lowest BCUT2D eigenvalue weighted by Crippen LogP contribution is -2.01. The summed E-state index contributed by atoms with van der Waals surface area (Å²) in [5.41, 5.74) is 1.59. The number of tetrazole rings is 1. The molecule has 0 amide bonds. The molecule has 0 saturated heterocycles. The lowest BCUT2D eigenvalue weighted by molar-refractivity contribution is 0.623. The van der Waals surface area contributed by atoms with Crippen LogP contribution in [0.5, 0.6) is 0 Å². The van der Waals surface area contributed by atoms with E-state index in [2.05, 4.69) is 15.5 Å². The van der Waals surface area contributed by atoms with E-state index < -0.39 is 0 Å². The Balaban J connectivity index is 1.88. The van der Waals surface area contributed by atoms with E-state index in [9.17, 15) is 4.39 Å². The first-order chi connectivity index (χ1) is 10.6. The lowest BCUT2D eigenvalue weighted by Gasteiger charge is -2.12. The molecule has 0 fully saturated rings. The monoisotopic (exact) mass is 334 g/mol. The van der Waals surface area contributed by atoms with Crippen molar-refractivity contribution < 1.29 is 4.39 Å². The van der Waals surface area contributed by atoms with Gasteiger partial charge >= 0.3 is 0 Å². The van der Waals surface area contributed by atoms with Gasteiger partial charge < -0.3 is 0 Å². The summed E-state index contributed by atoms with van der Waals surface area (Å²) in [4.78, 5) is 0. The molecule has 3 rings (SSSR count). The molecule has 0 spiro atoms. The first-order valence-electron chi connectivity index (χ1n) is 6.60. The summed E-state index contributed by atoms with van der Waals surface area (Å²) in [5, 5.41) is 13.0. The van der Waals surface area contributed by atoms with Gasteiger partial charge in [-0.2, -0.15) is 4.68 Å². The average Bonchev–Trinajstić information content (AvgIpc) is 2.95. The fraction of sp³-hybridized carbons (Fsp3) is 0.133. The van der Waals surface area contributed by atoms with E-state index in [-0.39, 0.29) is 11.1 Å². The Labute approximate surface area is 136 Å². The molecule has 22 heavy (non-hydrogen) atoms. The van der Waals surface area contributed by atoms with E-state index >= 15 is 0 Å². The molecule has 1 heterocycles. The number of nitrogens with zero attached hydrogens (tertiary/aromatic N) is 4. The summed E-state index contributed by atoms with van der Waals surface area (Å²) in [5.74, 6) is -0.330. The molecule has 0 radical (unpaired) electrons. The van der Waals surface area contributed by atoms with Gasteiger partial charge in [0.2, 0.25) is 5.16 Å². The molecular weight excluding hydrogens is 323 g/mol. The van der Waals surface area contributed by atoms with Crippen LogP contribution in [0, 0.1) is 5.82 Å². The summed E-state index contributed by atoms with van der Waals surface area (Å²) in [6.07, 6.45) is 0. The van der Waals surface area contributed by atoms with Gasteiger partial charge in [0.05, 0.1) is 5.69 Å². The number of hydrogen-bond acceptors (Lipinski definition) is 4. The number of halogens is 2. The van der Waals surface area contributed by atoms with Crippen molar-refractivity contribution in [3.63, 3.8) is 0 Å². The standard InChI is InChI=1S/C15H12ClFN4S/c1-10(13-7-2-3-8-14(13)16)22-15-18-19-20-21(15)12-6-4-5-11(17)9-12/h2-10H,1H3/t10-/m0/s1. The van der Waals surface area contributed by atoms with Gasteiger partial charge in [-0.25, -0.2) is 4.39 Å². The zero-order chi connectivity index (χ0) is 15.5. The van der Waals surface area contributed by atoms with Crippen molar-refractivity contribution in [3.8, 4) is 5.69 Å². The summed E-state index contributed by atoms with van der Waals surface area (Å²) >= 11 is 7.68. The molecule has 1 atom stereocenters. The van der Waals surface area contributed by atoms with E-state index in [1.165, 1.54) is 28.6 Å². The molecule has 1 aromatic heterocycles. The second-order valence-electron chi connectivity index (χ2n) is 4.63. The molecule has 0 aliphatic heterocycles. The number of thioether (sulfide) groups is 1. The number of aromatic nitrogens is 4. The van der Waals surface area contributed by atoms with E-state index in [1.807, 2.05) is 31.2 Å². The Morgan fingerprint density at radius 2 is 2.00 bits per heavy atom. The van der Waals surface area contributed by atoms with Crippen molar-refractivity contribution in [3.05, 3.63) is 64.9 Å². The summed E-state index contributed by atoms with van der Waals surface area (Å²) < 4.78 is 14.9. The molecule has 0 N–H and O–H groups in total. The topological polar surface area (TPSA) is 43.6 Å². The minimum atomic E-state index is -0.330. The molecule has 0 aliphatic rings. The minimum absolute atomic E-state index is 0.0620. The predicted octanol–water partition coefficient (Wildman–Crippen LogP) is 4.31. The third-order valence-corrected chi connectivity index (χ3v) is 4.54. The Bertz CT molecular complexity index is 792. The first kappa shape index (κ1) is 15.0. The van der Waals surface area contributed by atoms with E-state index in [0.29, 0.717) is 15.9 Å². The van der Waals surface area contributed by atoms with E-state index in [1.54, 1.807) is 12.1 Å². The van der Waals surface area contributed by atoms with Crippen molar-refractivity contribution in [2.24, 2.45) is 0 Å². The molecule has 2 aromatic carbocycles. The molecule has 0 unspecified atom stereocenters. The highest BCUT2D eigenvalue weighted by atomic mass is 35.5. The summed E-state index contributed by atoms with van der Waals surface area (Å²) in [6, 6.07) is 13.8. The molecule has 7 heteroatoms. The number of benzene rings is 2. The normalized spacial score (nSPS) is 12.3. The van der Waals surface area contributed by atoms with Crippen LogP contribution in [0.25, 0.3) is 5.69 Å². The van der Waals surface area contributed by atoms with Crippen LogP contribution in [0.15, 0.2) is 53.7 Å². The minimum Gasteiger partial charge on any atom is -0.207 e. The maximum atomic E-state index is 13.4. The maximum absolute atomic E-state index is 13.4. The molecule has 4 nitrogen and oxygen atoms in total. The summed E-state index contributed by atoms with van der Waals surface area (Å²) in [7, 11) is 0. The maximum Gasteiger partial charge on any atom is 0.214 e. The zero-order valence-electron chi connectivity index (χ0n) is 11.6. The van der Waals surface area contributed by atoms with Gasteiger partial charge in [-0.05, 0) is 47.2 Å². The van der Waals surface area contributed by atoms with Crippen molar-refractivity contribution in [1.82, 2.24) is 20.2 Å². The predicted molar refractivity (Wildman–Crippen MR) is 84.8 cm³/mol. The number of rotatable bonds is 4. The van der Waals surface area contributed by atoms with Crippen LogP contribution in [0.3, 0.4) is 0 Å². The number of hydrogen-bond donors (Lipinski definition) is 0. The van der Waals surface area contributed by atoms with Gasteiger partial charge in [0.25, 0.3) is 0 Å². The highest BCUT2D eigenvalue weighted by molar-refractivity contribution is 7.99. The fourth-order valence-corrected chi connectivity index (χ4v) is 3.39. The van der Waals surface area contributed by atoms with Gasteiger partial charge in [-0.1, -0.05) is 47.6 Å². The molecular formula is C15H12ClFN4S. The van der Waals surface area contributed by atoms with Gasteiger partial charge in [0.15, 0.2) is 0 Å². The summed E-state index contributed by atoms with van der Waals surface area (Å²) in [6.45, 7) is 2.02. The van der Waals surface area contributed by atoms with Crippen molar-refractivity contribution in [2.45, 2.75) is 17.3 Å². The van der Waals surface area contributed by atoms with Crippen LogP contribution in [-0.2, 0) is 0 Å². The highest BCUT2D eigenvalue weighted by Crippen LogP contribution is 2.37. The second-order valence-corrected chi connectivity index (χ2v) is 6.35. The highest BCUT2D eigenvalue weighted by Gasteiger charge is 2.16. The Morgan fingerprint density at radius 1 is 1.18 bits per heavy atom. The van der Waals surface area contributed by atoms with Crippen molar-refractivity contribution in [2.75, 3.05) is 0 Å². The Kier molecular flexibility index (Phi) is 4.40. The van der Waals surface area contributed by atoms with Crippen LogP contribution in [0.4, 0.5) is 4.39 Å². The van der Waals surface area contributed by atoms with E-state index in [0.717, 1.165) is 5.56 Å². The van der Waals surface area contributed by atoms with Gasteiger partial charge in [-0.3, -0.25) is 0 Å². The molecule has 0 saturated carbocycles. The second kappa shape index (κ2) is 6.46. The van der Waals surface area contributed by atoms with Crippen molar-refractivity contribution >= 4 is 23.4 Å². The quantitative estimate of drug-likeness (QED) is 0.667. The Hall–Kier alpha value is -1.92. The van der Waals surface area contributed by atoms with Crippen LogP contribution < -0.4 is 0 Å². The Morgan fingerprint density at radius 3 is 2.77 bits per heavy atom. The van der Waals surface area contributed by atoms with E-state index in [4.69, 9.17) is 11.6 Å². The van der Waals surface area contributed by atoms with Crippen LogP contribution in [-0.4, -0.2) is 20.2 Å². The zero-order valence-corrected chi connectivity index (χ0v) is 13.2. The first-order valence-corrected chi connectivity index (χ1v) is 7.86. The SMILES string of the molecule is C[C@H](Sc1nnnn1-c1cccc(F)c1)c1ccccc1Cl. The van der Waals surface area contributed by atoms with Gasteiger partial charge in [-0.15, -0.1) is 5.10 Å². The lowest BCUT2D eigenvalue weighted by atomic mass is 10.2. The van der Waals surface area contributed by atoms with Crippen LogP contribution >= 0.6 is 23.4 Å². The van der Waals surface area contributed by atoms with Gasteiger partial charge in [0, 0.05) is 10.3 Å². The molecule has 0 aliphatic carbocycles. The molecule has 3 aromatic rings.